The first-order valence-electron chi connectivity index (χ1n) is 3.94. The van der Waals surface area contributed by atoms with Crippen LogP contribution in [0.15, 0.2) is 16.6 Å². The Bertz CT molecular complexity index is 385. The van der Waals surface area contributed by atoms with Crippen molar-refractivity contribution in [2.75, 3.05) is 7.11 Å². The van der Waals surface area contributed by atoms with Gasteiger partial charge in [-0.1, -0.05) is 12.1 Å². The normalized spacial score (nSPS) is 9.64. The predicted molar refractivity (Wildman–Crippen MR) is 55.6 cm³/mol. The van der Waals surface area contributed by atoms with Gasteiger partial charge in [-0.25, -0.2) is 4.79 Å². The van der Waals surface area contributed by atoms with Crippen LogP contribution in [0, 0.1) is 6.92 Å². The minimum absolute atomic E-state index is 0.400. The molecule has 0 aliphatic heterocycles. The quantitative estimate of drug-likeness (QED) is 0.603. The zero-order chi connectivity index (χ0) is 10.7. The van der Waals surface area contributed by atoms with Crippen molar-refractivity contribution >= 4 is 28.2 Å². The number of halogens is 1. The maximum Gasteiger partial charge on any atom is 0.339 e. The van der Waals surface area contributed by atoms with Gasteiger partial charge in [0.25, 0.3) is 0 Å². The van der Waals surface area contributed by atoms with Crippen molar-refractivity contribution in [3.05, 3.63) is 33.3 Å². The first kappa shape index (κ1) is 10.9. The molecule has 0 saturated carbocycles. The number of carbonyl (C=O) groups is 2. The topological polar surface area (TPSA) is 43.4 Å². The Labute approximate surface area is 90.2 Å². The molecule has 0 aliphatic rings. The van der Waals surface area contributed by atoms with E-state index in [1.807, 2.05) is 0 Å². The van der Waals surface area contributed by atoms with Gasteiger partial charge in [0.2, 0.25) is 0 Å². The third-order valence-electron chi connectivity index (χ3n) is 1.90. The molecule has 4 heteroatoms. The van der Waals surface area contributed by atoms with E-state index in [1.165, 1.54) is 7.11 Å². The molecule has 14 heavy (non-hydrogen) atoms. The molecule has 0 atom stereocenters. The van der Waals surface area contributed by atoms with Crippen molar-refractivity contribution in [3.8, 4) is 0 Å². The van der Waals surface area contributed by atoms with Gasteiger partial charge in [-0.15, -0.1) is 0 Å². The summed E-state index contributed by atoms with van der Waals surface area (Å²) in [4.78, 5) is 22.0. The molecule has 3 nitrogen and oxygen atoms in total. The SMILES string of the molecule is COC(=O)c1c(C)ccc(C=O)c1Br. The van der Waals surface area contributed by atoms with Gasteiger partial charge in [-0.2, -0.15) is 0 Å². The molecule has 0 saturated heterocycles. The van der Waals surface area contributed by atoms with Crippen molar-refractivity contribution in [1.29, 1.82) is 0 Å². The Hall–Kier alpha value is -1.16. The largest absolute Gasteiger partial charge is 0.465 e. The third-order valence-corrected chi connectivity index (χ3v) is 2.75. The maximum atomic E-state index is 11.4. The van der Waals surface area contributed by atoms with Crippen LogP contribution in [0.2, 0.25) is 0 Å². The number of esters is 1. The summed E-state index contributed by atoms with van der Waals surface area (Å²) in [5, 5.41) is 0. The number of hydrogen-bond donors (Lipinski definition) is 0. The van der Waals surface area contributed by atoms with E-state index < -0.39 is 5.97 Å². The number of methoxy groups -OCH3 is 1. The molecular formula is C10H9BrO3. The van der Waals surface area contributed by atoms with Gasteiger partial charge in [0, 0.05) is 10.0 Å². The Morgan fingerprint density at radius 2 is 2.14 bits per heavy atom. The molecule has 74 valence electrons. The summed E-state index contributed by atoms with van der Waals surface area (Å²) in [7, 11) is 1.31. The second-order valence-corrected chi connectivity index (χ2v) is 3.56. The van der Waals surface area contributed by atoms with E-state index in [-0.39, 0.29) is 0 Å². The van der Waals surface area contributed by atoms with E-state index in [0.717, 1.165) is 5.56 Å². The smallest absolute Gasteiger partial charge is 0.339 e. The van der Waals surface area contributed by atoms with Gasteiger partial charge in [-0.05, 0) is 28.4 Å². The lowest BCUT2D eigenvalue weighted by Crippen LogP contribution is -2.06. The number of aryl methyl sites for hydroxylation is 1. The molecule has 1 aromatic carbocycles. The maximum absolute atomic E-state index is 11.4. The zero-order valence-electron chi connectivity index (χ0n) is 7.83. The van der Waals surface area contributed by atoms with E-state index in [0.29, 0.717) is 21.9 Å². The molecule has 0 bridgehead atoms. The molecule has 0 N–H and O–H groups in total. The van der Waals surface area contributed by atoms with Gasteiger partial charge in [0.05, 0.1) is 12.7 Å². The second kappa shape index (κ2) is 4.37. The molecular weight excluding hydrogens is 248 g/mol. The second-order valence-electron chi connectivity index (χ2n) is 2.77. The van der Waals surface area contributed by atoms with E-state index in [2.05, 4.69) is 20.7 Å². The Kier molecular flexibility index (Phi) is 3.41. The van der Waals surface area contributed by atoms with Crippen molar-refractivity contribution in [2.45, 2.75) is 6.92 Å². The summed E-state index contributed by atoms with van der Waals surface area (Å²) in [6.07, 6.45) is 0.690. The van der Waals surface area contributed by atoms with Gasteiger partial charge in [0.15, 0.2) is 6.29 Å². The highest BCUT2D eigenvalue weighted by Crippen LogP contribution is 2.24. The molecule has 0 unspecified atom stereocenters. The van der Waals surface area contributed by atoms with Crippen LogP contribution in [0.1, 0.15) is 26.3 Å². The molecule has 0 aliphatic carbocycles. The fourth-order valence-corrected chi connectivity index (χ4v) is 1.83. The van der Waals surface area contributed by atoms with E-state index >= 15 is 0 Å². The average molecular weight is 257 g/mol. The first-order chi connectivity index (χ1) is 6.61. The molecule has 1 rings (SSSR count). The van der Waals surface area contributed by atoms with E-state index in [1.54, 1.807) is 19.1 Å². The lowest BCUT2D eigenvalue weighted by atomic mass is 10.1. The van der Waals surface area contributed by atoms with Crippen molar-refractivity contribution in [3.63, 3.8) is 0 Å². The van der Waals surface area contributed by atoms with Crippen LogP contribution in [0.25, 0.3) is 0 Å². The fraction of sp³-hybridized carbons (Fsp3) is 0.200. The van der Waals surface area contributed by atoms with Crippen molar-refractivity contribution in [1.82, 2.24) is 0 Å². The van der Waals surface area contributed by atoms with Crippen LogP contribution in [0.5, 0.6) is 0 Å². The molecule has 0 radical (unpaired) electrons. The summed E-state index contributed by atoms with van der Waals surface area (Å²) in [5.74, 6) is -0.446. The van der Waals surface area contributed by atoms with Crippen LogP contribution >= 0.6 is 15.9 Å². The third kappa shape index (κ3) is 1.85. The summed E-state index contributed by atoms with van der Waals surface area (Å²) >= 11 is 3.20. The van der Waals surface area contributed by atoms with E-state index in [4.69, 9.17) is 0 Å². The number of rotatable bonds is 2. The van der Waals surface area contributed by atoms with Crippen molar-refractivity contribution in [2.24, 2.45) is 0 Å². The number of hydrogen-bond acceptors (Lipinski definition) is 3. The summed E-state index contributed by atoms with van der Waals surface area (Å²) < 4.78 is 5.10. The minimum Gasteiger partial charge on any atom is -0.465 e. The lowest BCUT2D eigenvalue weighted by molar-refractivity contribution is 0.0599. The molecule has 0 aromatic heterocycles. The Morgan fingerprint density at radius 1 is 1.50 bits per heavy atom. The Morgan fingerprint density at radius 3 is 2.64 bits per heavy atom. The van der Waals surface area contributed by atoms with Crippen LogP contribution in [0.4, 0.5) is 0 Å². The zero-order valence-corrected chi connectivity index (χ0v) is 9.42. The monoisotopic (exact) mass is 256 g/mol. The lowest BCUT2D eigenvalue weighted by Gasteiger charge is -2.07. The molecule has 0 spiro atoms. The number of benzene rings is 1. The van der Waals surface area contributed by atoms with Gasteiger partial charge < -0.3 is 4.74 Å². The predicted octanol–water partition coefficient (Wildman–Crippen LogP) is 2.36. The molecule has 0 heterocycles. The number of aldehydes is 1. The molecule has 0 fully saturated rings. The van der Waals surface area contributed by atoms with Crippen LogP contribution in [-0.2, 0) is 4.74 Å². The van der Waals surface area contributed by atoms with Crippen LogP contribution in [0.3, 0.4) is 0 Å². The highest BCUT2D eigenvalue weighted by atomic mass is 79.9. The average Bonchev–Trinajstić information content (AvgIpc) is 2.18. The number of carbonyl (C=O) groups excluding carboxylic acids is 2. The minimum atomic E-state index is -0.446. The highest BCUT2D eigenvalue weighted by molar-refractivity contribution is 9.10. The van der Waals surface area contributed by atoms with Crippen LogP contribution in [-0.4, -0.2) is 19.4 Å². The summed E-state index contributed by atoms with van der Waals surface area (Å²) in [5.41, 5.74) is 1.61. The van der Waals surface area contributed by atoms with Gasteiger partial charge >= 0.3 is 5.97 Å². The first-order valence-corrected chi connectivity index (χ1v) is 4.73. The van der Waals surface area contributed by atoms with E-state index in [9.17, 15) is 9.59 Å². The Balaban J connectivity index is 3.39. The van der Waals surface area contributed by atoms with Gasteiger partial charge in [-0.3, -0.25) is 4.79 Å². The molecule has 0 amide bonds. The standard InChI is InChI=1S/C10H9BrO3/c1-6-3-4-7(5-12)9(11)8(6)10(13)14-2/h3-5H,1-2H3. The van der Waals surface area contributed by atoms with Crippen molar-refractivity contribution < 1.29 is 14.3 Å². The fourth-order valence-electron chi connectivity index (χ4n) is 1.13. The highest BCUT2D eigenvalue weighted by Gasteiger charge is 2.15. The van der Waals surface area contributed by atoms with Crippen LogP contribution < -0.4 is 0 Å². The molecule has 1 aromatic rings. The summed E-state index contributed by atoms with van der Waals surface area (Å²) in [6.45, 7) is 1.78. The van der Waals surface area contributed by atoms with Gasteiger partial charge in [0.1, 0.15) is 0 Å². The number of ether oxygens (including phenoxy) is 1. The summed E-state index contributed by atoms with van der Waals surface area (Å²) in [6, 6.07) is 3.36.